The molecule has 98 valence electrons. The molecule has 0 unspecified atom stereocenters. The minimum atomic E-state index is 0.758. The van der Waals surface area contributed by atoms with Crippen molar-refractivity contribution in [2.24, 2.45) is 0 Å². The molecule has 0 spiro atoms. The molecule has 1 heterocycles. The normalized spacial score (nSPS) is 15.6. The smallest absolute Gasteiger partial charge is 0.173 e. The maximum Gasteiger partial charge on any atom is 0.173 e. The molecule has 1 fully saturated rings. The van der Waals surface area contributed by atoms with E-state index in [0.29, 0.717) is 0 Å². The quantitative estimate of drug-likeness (QED) is 0.788. The second-order valence-corrected chi connectivity index (χ2v) is 5.17. The number of thiocarbonyl (C=S) groups is 1. The van der Waals surface area contributed by atoms with Crippen LogP contribution in [0.4, 0.5) is 5.69 Å². The summed E-state index contributed by atoms with van der Waals surface area (Å²) in [7, 11) is 0. The lowest BCUT2D eigenvalue weighted by molar-refractivity contribution is 0.0690. The van der Waals surface area contributed by atoms with Gasteiger partial charge in [0, 0.05) is 18.8 Å². The molecule has 0 aromatic heterocycles. The van der Waals surface area contributed by atoms with Gasteiger partial charge in [0.2, 0.25) is 0 Å². The molecule has 18 heavy (non-hydrogen) atoms. The number of hydrogen-bond donors (Lipinski definition) is 1. The average Bonchev–Trinajstić information content (AvgIpc) is 2.37. The van der Waals surface area contributed by atoms with E-state index in [1.54, 1.807) is 0 Å². The summed E-state index contributed by atoms with van der Waals surface area (Å²) in [5.74, 6) is 0. The monoisotopic (exact) mass is 264 g/mol. The predicted octanol–water partition coefficient (Wildman–Crippen LogP) is 2.64. The van der Waals surface area contributed by atoms with E-state index >= 15 is 0 Å². The lowest BCUT2D eigenvalue weighted by Gasteiger charge is -2.29. The maximum absolute atomic E-state index is 5.45. The van der Waals surface area contributed by atoms with E-state index in [1.807, 2.05) is 0 Å². The third-order valence-electron chi connectivity index (χ3n) is 3.38. The summed E-state index contributed by atoms with van der Waals surface area (Å²) in [6.07, 6.45) is 0. The fourth-order valence-corrected chi connectivity index (χ4v) is 2.35. The van der Waals surface area contributed by atoms with Crippen LogP contribution in [0.2, 0.25) is 0 Å². The number of rotatable bonds is 1. The highest BCUT2D eigenvalue weighted by Crippen LogP contribution is 2.20. The van der Waals surface area contributed by atoms with Gasteiger partial charge in [-0.05, 0) is 55.7 Å². The molecule has 1 aliphatic rings. The summed E-state index contributed by atoms with van der Waals surface area (Å²) >= 11 is 5.45. The van der Waals surface area contributed by atoms with Crippen LogP contribution in [0.15, 0.2) is 12.1 Å². The molecule has 2 rings (SSSR count). The van der Waals surface area contributed by atoms with Gasteiger partial charge in [-0.15, -0.1) is 0 Å². The first-order valence-corrected chi connectivity index (χ1v) is 6.70. The summed E-state index contributed by atoms with van der Waals surface area (Å²) in [4.78, 5) is 2.16. The highest BCUT2D eigenvalue weighted by atomic mass is 32.1. The summed E-state index contributed by atoms with van der Waals surface area (Å²) in [6.45, 7) is 9.62. The topological polar surface area (TPSA) is 24.5 Å². The molecule has 1 aromatic rings. The van der Waals surface area contributed by atoms with Gasteiger partial charge in [0.1, 0.15) is 0 Å². The molecule has 0 saturated carbocycles. The highest BCUT2D eigenvalue weighted by Gasteiger charge is 2.14. The Morgan fingerprint density at radius 1 is 1.11 bits per heavy atom. The van der Waals surface area contributed by atoms with Gasteiger partial charge < -0.3 is 15.0 Å². The van der Waals surface area contributed by atoms with Crippen molar-refractivity contribution in [2.75, 3.05) is 31.6 Å². The Morgan fingerprint density at radius 3 is 2.39 bits per heavy atom. The van der Waals surface area contributed by atoms with E-state index in [2.05, 4.69) is 43.1 Å². The molecule has 4 heteroatoms. The van der Waals surface area contributed by atoms with Crippen LogP contribution in [0.5, 0.6) is 0 Å². The number of anilines is 1. The maximum atomic E-state index is 5.45. The van der Waals surface area contributed by atoms with E-state index in [0.717, 1.165) is 37.1 Å². The number of morpholine rings is 1. The first-order chi connectivity index (χ1) is 8.58. The fourth-order valence-electron chi connectivity index (χ4n) is 2.06. The van der Waals surface area contributed by atoms with E-state index in [9.17, 15) is 0 Å². The minimum absolute atomic E-state index is 0.758. The second-order valence-electron chi connectivity index (χ2n) is 4.78. The van der Waals surface area contributed by atoms with Crippen LogP contribution in [0.25, 0.3) is 0 Å². The molecule has 1 aliphatic heterocycles. The van der Waals surface area contributed by atoms with Crippen LogP contribution >= 0.6 is 12.2 Å². The van der Waals surface area contributed by atoms with Crippen molar-refractivity contribution in [3.8, 4) is 0 Å². The van der Waals surface area contributed by atoms with Gasteiger partial charge in [0.05, 0.1) is 13.2 Å². The SMILES string of the molecule is Cc1cc(C)c(NC(=S)N2CCOCC2)cc1C. The molecule has 1 aromatic carbocycles. The van der Waals surface area contributed by atoms with Crippen molar-refractivity contribution < 1.29 is 4.74 Å². The Kier molecular flexibility index (Phi) is 4.19. The van der Waals surface area contributed by atoms with Gasteiger partial charge in [-0.3, -0.25) is 0 Å². The van der Waals surface area contributed by atoms with Gasteiger partial charge in [-0.2, -0.15) is 0 Å². The highest BCUT2D eigenvalue weighted by molar-refractivity contribution is 7.80. The van der Waals surface area contributed by atoms with Gasteiger partial charge in [-0.25, -0.2) is 0 Å². The summed E-state index contributed by atoms with van der Waals surface area (Å²) in [6, 6.07) is 4.36. The molecular weight excluding hydrogens is 244 g/mol. The van der Waals surface area contributed by atoms with E-state index in [4.69, 9.17) is 17.0 Å². The van der Waals surface area contributed by atoms with Crippen molar-refractivity contribution in [2.45, 2.75) is 20.8 Å². The Morgan fingerprint density at radius 2 is 1.72 bits per heavy atom. The number of nitrogens with zero attached hydrogens (tertiary/aromatic N) is 1. The molecule has 0 atom stereocenters. The first-order valence-electron chi connectivity index (χ1n) is 6.29. The summed E-state index contributed by atoms with van der Waals surface area (Å²) < 4.78 is 5.33. The molecule has 0 aliphatic carbocycles. The third kappa shape index (κ3) is 3.00. The van der Waals surface area contributed by atoms with Crippen LogP contribution in [0.1, 0.15) is 16.7 Å². The zero-order chi connectivity index (χ0) is 13.1. The first kappa shape index (κ1) is 13.3. The Balaban J connectivity index is 2.08. The second kappa shape index (κ2) is 5.67. The fraction of sp³-hybridized carbons (Fsp3) is 0.500. The van der Waals surface area contributed by atoms with Crippen molar-refractivity contribution >= 4 is 23.0 Å². The number of aryl methyl sites for hydroxylation is 3. The molecular formula is C14H20N2OS. The zero-order valence-corrected chi connectivity index (χ0v) is 12.1. The lowest BCUT2D eigenvalue weighted by Crippen LogP contribution is -2.43. The van der Waals surface area contributed by atoms with Gasteiger partial charge in [0.25, 0.3) is 0 Å². The number of benzene rings is 1. The summed E-state index contributed by atoms with van der Waals surface area (Å²) in [5, 5.41) is 4.15. The Bertz CT molecular complexity index is 453. The van der Waals surface area contributed by atoms with Crippen LogP contribution in [-0.4, -0.2) is 36.3 Å². The molecule has 0 radical (unpaired) electrons. The van der Waals surface area contributed by atoms with E-state index in [1.165, 1.54) is 16.7 Å². The zero-order valence-electron chi connectivity index (χ0n) is 11.2. The van der Waals surface area contributed by atoms with Gasteiger partial charge in [0.15, 0.2) is 5.11 Å². The molecule has 1 N–H and O–H groups in total. The molecule has 3 nitrogen and oxygen atoms in total. The largest absolute Gasteiger partial charge is 0.378 e. The van der Waals surface area contributed by atoms with Crippen molar-refractivity contribution in [1.29, 1.82) is 0 Å². The predicted molar refractivity (Wildman–Crippen MR) is 79.3 cm³/mol. The molecule has 0 amide bonds. The summed E-state index contributed by atoms with van der Waals surface area (Å²) in [5.41, 5.74) is 4.94. The molecule has 0 bridgehead atoms. The van der Waals surface area contributed by atoms with Crippen LogP contribution < -0.4 is 5.32 Å². The number of ether oxygens (including phenoxy) is 1. The third-order valence-corrected chi connectivity index (χ3v) is 3.74. The van der Waals surface area contributed by atoms with Crippen molar-refractivity contribution in [3.63, 3.8) is 0 Å². The van der Waals surface area contributed by atoms with Crippen molar-refractivity contribution in [3.05, 3.63) is 28.8 Å². The Labute approximate surface area is 114 Å². The average molecular weight is 264 g/mol. The van der Waals surface area contributed by atoms with E-state index < -0.39 is 0 Å². The van der Waals surface area contributed by atoms with Crippen molar-refractivity contribution in [1.82, 2.24) is 4.90 Å². The standard InChI is InChI=1S/C14H20N2OS/c1-10-8-12(3)13(9-11(10)2)15-14(18)16-4-6-17-7-5-16/h8-9H,4-7H2,1-3H3,(H,15,18). The van der Waals surface area contributed by atoms with Crippen LogP contribution in [0, 0.1) is 20.8 Å². The van der Waals surface area contributed by atoms with Crippen LogP contribution in [-0.2, 0) is 4.74 Å². The number of hydrogen-bond acceptors (Lipinski definition) is 2. The van der Waals surface area contributed by atoms with Gasteiger partial charge >= 0.3 is 0 Å². The van der Waals surface area contributed by atoms with Crippen LogP contribution in [0.3, 0.4) is 0 Å². The van der Waals surface area contributed by atoms with E-state index in [-0.39, 0.29) is 0 Å². The van der Waals surface area contributed by atoms with Gasteiger partial charge in [-0.1, -0.05) is 6.07 Å². The lowest BCUT2D eigenvalue weighted by atomic mass is 10.1. The number of nitrogens with one attached hydrogen (secondary N) is 1. The Hall–Kier alpha value is -1.13. The minimum Gasteiger partial charge on any atom is -0.378 e. The molecule has 1 saturated heterocycles.